The molecule has 1 spiro atoms. The van der Waals surface area contributed by atoms with Gasteiger partial charge in [-0.1, -0.05) is 6.07 Å². The van der Waals surface area contributed by atoms with Gasteiger partial charge in [-0.2, -0.15) is 13.2 Å². The van der Waals surface area contributed by atoms with Gasteiger partial charge in [0.05, 0.1) is 16.2 Å². The van der Waals surface area contributed by atoms with Gasteiger partial charge in [-0.3, -0.25) is 9.69 Å². The highest BCUT2D eigenvalue weighted by atomic mass is 32.2. The van der Waals surface area contributed by atoms with Crippen molar-refractivity contribution < 1.29 is 22.8 Å². The predicted octanol–water partition coefficient (Wildman–Crippen LogP) is 3.31. The third-order valence-electron chi connectivity index (χ3n) is 4.71. The van der Waals surface area contributed by atoms with E-state index in [2.05, 4.69) is 5.32 Å². The molecule has 2 aliphatic heterocycles. The molecule has 2 saturated heterocycles. The van der Waals surface area contributed by atoms with E-state index in [4.69, 9.17) is 0 Å². The van der Waals surface area contributed by atoms with E-state index in [1.807, 2.05) is 6.92 Å². The summed E-state index contributed by atoms with van der Waals surface area (Å²) >= 11 is 1.45. The second-order valence-electron chi connectivity index (χ2n) is 6.33. The van der Waals surface area contributed by atoms with Crippen LogP contribution in [0.1, 0.15) is 25.3 Å². The number of likely N-dealkylation sites (tertiary alicyclic amines) is 1. The number of rotatable bonds is 2. The number of hydrogen-bond acceptors (Lipinski definition) is 3. The topological polar surface area (TPSA) is 52.7 Å². The van der Waals surface area contributed by atoms with E-state index in [9.17, 15) is 22.8 Å². The molecular formula is C17H20F3N3O2S. The Hall–Kier alpha value is -1.90. The number of carbonyl (C=O) groups excluding carboxylic acids is 2. The number of urea groups is 1. The summed E-state index contributed by atoms with van der Waals surface area (Å²) in [6, 6.07) is 4.74. The number of thioether (sulfide) groups is 1. The maximum atomic E-state index is 13.0. The molecule has 0 saturated carbocycles. The highest BCUT2D eigenvalue weighted by Crippen LogP contribution is 2.47. The number of hydrogen-bond donors (Lipinski definition) is 1. The van der Waals surface area contributed by atoms with Gasteiger partial charge in [0, 0.05) is 25.3 Å². The summed E-state index contributed by atoms with van der Waals surface area (Å²) in [5.74, 6) is 0.0398. The third kappa shape index (κ3) is 3.49. The van der Waals surface area contributed by atoms with Gasteiger partial charge >= 0.3 is 12.2 Å². The summed E-state index contributed by atoms with van der Waals surface area (Å²) in [5.41, 5.74) is -0.504. The first kappa shape index (κ1) is 18.9. The zero-order valence-corrected chi connectivity index (χ0v) is 15.1. The van der Waals surface area contributed by atoms with Crippen LogP contribution in [-0.2, 0) is 11.0 Å². The Bertz CT molecular complexity index is 703. The van der Waals surface area contributed by atoms with E-state index >= 15 is 0 Å². The summed E-state index contributed by atoms with van der Waals surface area (Å²) in [6.45, 7) is 3.29. The lowest BCUT2D eigenvalue weighted by Gasteiger charge is -2.44. The van der Waals surface area contributed by atoms with Crippen LogP contribution in [0.15, 0.2) is 24.3 Å². The number of nitrogens with zero attached hydrogens (tertiary/aromatic N) is 2. The second kappa shape index (κ2) is 7.02. The molecule has 9 heteroatoms. The lowest BCUT2D eigenvalue weighted by Crippen LogP contribution is -2.54. The molecule has 0 radical (unpaired) electrons. The van der Waals surface area contributed by atoms with Crippen LogP contribution in [0, 0.1) is 0 Å². The minimum absolute atomic E-state index is 0.151. The van der Waals surface area contributed by atoms with Crippen LogP contribution in [-0.4, -0.2) is 47.1 Å². The Morgan fingerprint density at radius 1 is 1.31 bits per heavy atom. The number of benzene rings is 1. The van der Waals surface area contributed by atoms with Gasteiger partial charge < -0.3 is 10.2 Å². The summed E-state index contributed by atoms with van der Waals surface area (Å²) in [4.78, 5) is 27.0. The van der Waals surface area contributed by atoms with Crippen molar-refractivity contribution in [1.82, 2.24) is 10.2 Å². The Morgan fingerprint density at radius 3 is 2.62 bits per heavy atom. The minimum atomic E-state index is -4.46. The van der Waals surface area contributed by atoms with Crippen molar-refractivity contribution in [3.63, 3.8) is 0 Å². The smallest absolute Gasteiger partial charge is 0.338 e. The molecule has 0 atom stereocenters. The van der Waals surface area contributed by atoms with E-state index in [1.54, 1.807) is 4.90 Å². The van der Waals surface area contributed by atoms with Crippen LogP contribution in [0.4, 0.5) is 23.7 Å². The Morgan fingerprint density at radius 2 is 2.00 bits per heavy atom. The van der Waals surface area contributed by atoms with E-state index in [0.717, 1.165) is 12.1 Å². The van der Waals surface area contributed by atoms with E-state index in [1.165, 1.54) is 28.8 Å². The van der Waals surface area contributed by atoms with Crippen LogP contribution >= 0.6 is 11.8 Å². The van der Waals surface area contributed by atoms with Crippen molar-refractivity contribution in [3.8, 4) is 0 Å². The zero-order valence-electron chi connectivity index (χ0n) is 14.3. The fourth-order valence-corrected chi connectivity index (χ4v) is 4.77. The molecule has 5 nitrogen and oxygen atoms in total. The van der Waals surface area contributed by atoms with Gasteiger partial charge in [-0.05, 0) is 38.0 Å². The largest absolute Gasteiger partial charge is 0.416 e. The predicted molar refractivity (Wildman–Crippen MR) is 94.0 cm³/mol. The van der Waals surface area contributed by atoms with Crippen molar-refractivity contribution in [1.29, 1.82) is 0 Å². The minimum Gasteiger partial charge on any atom is -0.338 e. The average molecular weight is 387 g/mol. The molecule has 142 valence electrons. The molecule has 2 aliphatic rings. The number of carbonyl (C=O) groups is 2. The Kier molecular flexibility index (Phi) is 5.09. The number of anilines is 1. The van der Waals surface area contributed by atoms with Gasteiger partial charge in [0.25, 0.3) is 0 Å². The first-order valence-electron chi connectivity index (χ1n) is 8.44. The SMILES string of the molecule is CCNC(=O)N1CCC2(CC1)SCC(=O)N2c1cccc(C(F)(F)F)c1. The van der Waals surface area contributed by atoms with Crippen molar-refractivity contribution >= 4 is 29.4 Å². The molecular weight excluding hydrogens is 367 g/mol. The molecule has 2 fully saturated rings. The van der Waals surface area contributed by atoms with Gasteiger partial charge in [0.15, 0.2) is 0 Å². The average Bonchev–Trinajstić information content (AvgIpc) is 2.91. The molecule has 0 aromatic heterocycles. The highest BCUT2D eigenvalue weighted by molar-refractivity contribution is 8.02. The van der Waals surface area contributed by atoms with Crippen LogP contribution in [0.2, 0.25) is 0 Å². The Labute approximate surface area is 153 Å². The quantitative estimate of drug-likeness (QED) is 0.847. The molecule has 2 heterocycles. The van der Waals surface area contributed by atoms with Crippen LogP contribution in [0.3, 0.4) is 0 Å². The zero-order chi connectivity index (χ0) is 18.9. The van der Waals surface area contributed by atoms with Crippen molar-refractivity contribution in [2.75, 3.05) is 30.3 Å². The number of alkyl halides is 3. The molecule has 0 unspecified atom stereocenters. The van der Waals surface area contributed by atoms with E-state index in [0.29, 0.717) is 32.5 Å². The Balaban J connectivity index is 1.83. The number of nitrogens with one attached hydrogen (secondary N) is 1. The summed E-state index contributed by atoms with van der Waals surface area (Å²) in [5, 5.41) is 2.74. The van der Waals surface area contributed by atoms with Crippen molar-refractivity contribution in [3.05, 3.63) is 29.8 Å². The number of piperidine rings is 1. The van der Waals surface area contributed by atoms with Crippen molar-refractivity contribution in [2.45, 2.75) is 30.8 Å². The van der Waals surface area contributed by atoms with Gasteiger partial charge in [0.2, 0.25) is 5.91 Å². The van der Waals surface area contributed by atoms with Crippen LogP contribution in [0.25, 0.3) is 0 Å². The molecule has 26 heavy (non-hydrogen) atoms. The number of amides is 3. The third-order valence-corrected chi connectivity index (χ3v) is 6.23. The molecule has 3 amide bonds. The lowest BCUT2D eigenvalue weighted by molar-refractivity contribution is -0.137. The van der Waals surface area contributed by atoms with Gasteiger partial charge in [-0.15, -0.1) is 11.8 Å². The monoisotopic (exact) mass is 387 g/mol. The van der Waals surface area contributed by atoms with Gasteiger partial charge in [-0.25, -0.2) is 4.79 Å². The van der Waals surface area contributed by atoms with Crippen LogP contribution < -0.4 is 10.2 Å². The molecule has 1 aromatic rings. The summed E-state index contributed by atoms with van der Waals surface area (Å²) in [6.07, 6.45) is -3.41. The van der Waals surface area contributed by atoms with Gasteiger partial charge in [0.1, 0.15) is 0 Å². The van der Waals surface area contributed by atoms with Crippen molar-refractivity contribution in [2.24, 2.45) is 0 Å². The maximum absolute atomic E-state index is 13.0. The summed E-state index contributed by atoms with van der Waals surface area (Å²) in [7, 11) is 0. The maximum Gasteiger partial charge on any atom is 0.416 e. The second-order valence-corrected chi connectivity index (χ2v) is 7.67. The fourth-order valence-electron chi connectivity index (χ4n) is 3.44. The highest BCUT2D eigenvalue weighted by Gasteiger charge is 2.49. The molecule has 0 bridgehead atoms. The first-order valence-corrected chi connectivity index (χ1v) is 9.42. The molecule has 1 aromatic carbocycles. The molecule has 0 aliphatic carbocycles. The lowest BCUT2D eigenvalue weighted by atomic mass is 10.0. The van der Waals surface area contributed by atoms with E-state index in [-0.39, 0.29) is 23.4 Å². The summed E-state index contributed by atoms with van der Waals surface area (Å²) < 4.78 is 39.1. The normalized spacial score (nSPS) is 19.9. The van der Waals surface area contributed by atoms with E-state index < -0.39 is 16.6 Å². The first-order chi connectivity index (χ1) is 12.3. The van der Waals surface area contributed by atoms with Crippen LogP contribution in [0.5, 0.6) is 0 Å². The number of halogens is 3. The standard InChI is InChI=1S/C17H20F3N3O2S/c1-2-21-15(25)22-8-6-16(7-9-22)23(14(24)11-26-16)13-5-3-4-12(10-13)17(18,19)20/h3-5,10H,2,6-9,11H2,1H3,(H,21,25). The molecule has 3 rings (SSSR count). The fraction of sp³-hybridized carbons (Fsp3) is 0.529. The molecule has 1 N–H and O–H groups in total.